The van der Waals surface area contributed by atoms with Gasteiger partial charge in [0.2, 0.25) is 0 Å². The zero-order valence-corrected chi connectivity index (χ0v) is 11.7. The van der Waals surface area contributed by atoms with Gasteiger partial charge in [-0.25, -0.2) is 4.39 Å². The Kier molecular flexibility index (Phi) is 7.35. The van der Waals surface area contributed by atoms with Crippen LogP contribution in [0.4, 0.5) is 10.1 Å². The van der Waals surface area contributed by atoms with Gasteiger partial charge in [0.05, 0.1) is 16.7 Å². The molecule has 0 aliphatic carbocycles. The normalized spacial score (nSPS) is 10.7. The van der Waals surface area contributed by atoms with Crippen LogP contribution >= 0.6 is 23.2 Å². The summed E-state index contributed by atoms with van der Waals surface area (Å²) in [4.78, 5) is 0. The van der Waals surface area contributed by atoms with E-state index in [4.69, 9.17) is 32.7 Å². The molecule has 0 saturated carbocycles. The van der Waals surface area contributed by atoms with Gasteiger partial charge in [0, 0.05) is 32.6 Å². The van der Waals surface area contributed by atoms with Gasteiger partial charge in [-0.3, -0.25) is 0 Å². The molecule has 1 rings (SSSR count). The number of rotatable bonds is 8. The Labute approximate surface area is 116 Å². The lowest BCUT2D eigenvalue weighted by atomic mass is 10.3. The Morgan fingerprint density at radius 2 is 1.83 bits per heavy atom. The summed E-state index contributed by atoms with van der Waals surface area (Å²) in [5.74, 6) is -0.598. The standard InChI is InChI=1S/C12H16Cl2FNO2/c1-17-4-2-5-18-6-3-16-9-7-10(13)12(15)11(14)8-9/h7-8,16H,2-6H2,1H3. The number of anilines is 1. The number of methoxy groups -OCH3 is 1. The largest absolute Gasteiger partial charge is 0.385 e. The van der Waals surface area contributed by atoms with Gasteiger partial charge in [-0.05, 0) is 18.6 Å². The third-order valence-electron chi connectivity index (χ3n) is 2.20. The Bertz CT molecular complexity index is 354. The zero-order chi connectivity index (χ0) is 13.4. The van der Waals surface area contributed by atoms with Gasteiger partial charge < -0.3 is 14.8 Å². The second-order valence-corrected chi connectivity index (χ2v) is 4.45. The molecule has 0 amide bonds. The lowest BCUT2D eigenvalue weighted by Gasteiger charge is -2.09. The number of halogens is 3. The van der Waals surface area contributed by atoms with Crippen molar-refractivity contribution in [2.75, 3.05) is 38.8 Å². The van der Waals surface area contributed by atoms with Crippen LogP contribution in [0.25, 0.3) is 0 Å². The minimum atomic E-state index is -0.598. The molecule has 0 aromatic heterocycles. The molecule has 1 aromatic rings. The molecule has 0 aliphatic rings. The number of ether oxygens (including phenoxy) is 2. The summed E-state index contributed by atoms with van der Waals surface area (Å²) in [5, 5.41) is 3.06. The van der Waals surface area contributed by atoms with Gasteiger partial charge in [-0.15, -0.1) is 0 Å². The second kappa shape index (κ2) is 8.53. The first kappa shape index (κ1) is 15.5. The topological polar surface area (TPSA) is 30.5 Å². The van der Waals surface area contributed by atoms with E-state index < -0.39 is 5.82 Å². The molecule has 0 fully saturated rings. The highest BCUT2D eigenvalue weighted by atomic mass is 35.5. The van der Waals surface area contributed by atoms with Crippen LogP contribution in [0.3, 0.4) is 0 Å². The highest BCUT2D eigenvalue weighted by molar-refractivity contribution is 6.35. The van der Waals surface area contributed by atoms with E-state index in [1.165, 1.54) is 12.1 Å². The van der Waals surface area contributed by atoms with E-state index in [-0.39, 0.29) is 10.0 Å². The van der Waals surface area contributed by atoms with E-state index in [0.29, 0.717) is 32.1 Å². The van der Waals surface area contributed by atoms with Crippen LogP contribution in [0.5, 0.6) is 0 Å². The van der Waals surface area contributed by atoms with Crippen LogP contribution < -0.4 is 5.32 Å². The first-order chi connectivity index (χ1) is 8.65. The van der Waals surface area contributed by atoms with Gasteiger partial charge >= 0.3 is 0 Å². The van der Waals surface area contributed by atoms with Crippen molar-refractivity contribution in [3.8, 4) is 0 Å². The third kappa shape index (κ3) is 5.40. The van der Waals surface area contributed by atoms with Crippen LogP contribution in [-0.4, -0.2) is 33.5 Å². The molecule has 0 radical (unpaired) electrons. The summed E-state index contributed by atoms with van der Waals surface area (Å²) in [7, 11) is 1.66. The molecule has 3 nitrogen and oxygen atoms in total. The van der Waals surface area contributed by atoms with Crippen molar-refractivity contribution in [2.45, 2.75) is 6.42 Å². The van der Waals surface area contributed by atoms with Gasteiger partial charge in [0.1, 0.15) is 0 Å². The average molecular weight is 296 g/mol. The van der Waals surface area contributed by atoms with E-state index in [1.54, 1.807) is 7.11 Å². The molecule has 0 spiro atoms. The van der Waals surface area contributed by atoms with Crippen LogP contribution in [-0.2, 0) is 9.47 Å². The monoisotopic (exact) mass is 295 g/mol. The van der Waals surface area contributed by atoms with Crippen LogP contribution in [0.15, 0.2) is 12.1 Å². The molecule has 0 bridgehead atoms. The summed E-state index contributed by atoms with van der Waals surface area (Å²) >= 11 is 11.3. The molecule has 1 aromatic carbocycles. The Morgan fingerprint density at radius 1 is 1.17 bits per heavy atom. The van der Waals surface area contributed by atoms with Crippen molar-refractivity contribution in [3.05, 3.63) is 28.0 Å². The van der Waals surface area contributed by atoms with E-state index in [0.717, 1.165) is 6.42 Å². The van der Waals surface area contributed by atoms with Crippen molar-refractivity contribution >= 4 is 28.9 Å². The molecule has 0 aliphatic heterocycles. The van der Waals surface area contributed by atoms with Crippen molar-refractivity contribution in [3.63, 3.8) is 0 Å². The Morgan fingerprint density at radius 3 is 2.44 bits per heavy atom. The van der Waals surface area contributed by atoms with Crippen molar-refractivity contribution in [1.82, 2.24) is 0 Å². The SMILES string of the molecule is COCCCOCCNc1cc(Cl)c(F)c(Cl)c1. The molecule has 6 heteroatoms. The highest BCUT2D eigenvalue weighted by Gasteiger charge is 2.06. The van der Waals surface area contributed by atoms with E-state index >= 15 is 0 Å². The maximum absolute atomic E-state index is 13.1. The summed E-state index contributed by atoms with van der Waals surface area (Å²) < 4.78 is 23.4. The predicted molar refractivity (Wildman–Crippen MR) is 72.2 cm³/mol. The van der Waals surface area contributed by atoms with Crippen LogP contribution in [0, 0.1) is 5.82 Å². The van der Waals surface area contributed by atoms with Crippen molar-refractivity contribution in [1.29, 1.82) is 0 Å². The zero-order valence-electron chi connectivity index (χ0n) is 10.1. The second-order valence-electron chi connectivity index (χ2n) is 3.64. The predicted octanol–water partition coefficient (Wildman–Crippen LogP) is 3.60. The van der Waals surface area contributed by atoms with E-state index in [1.807, 2.05) is 0 Å². The van der Waals surface area contributed by atoms with Crippen molar-refractivity contribution < 1.29 is 13.9 Å². The summed E-state index contributed by atoms with van der Waals surface area (Å²) in [6.07, 6.45) is 0.866. The fraction of sp³-hybridized carbons (Fsp3) is 0.500. The molecule has 0 unspecified atom stereocenters. The first-order valence-electron chi connectivity index (χ1n) is 5.60. The number of benzene rings is 1. The fourth-order valence-electron chi connectivity index (χ4n) is 1.33. The molecular weight excluding hydrogens is 280 g/mol. The molecule has 18 heavy (non-hydrogen) atoms. The van der Waals surface area contributed by atoms with Crippen molar-refractivity contribution in [2.24, 2.45) is 0 Å². The lowest BCUT2D eigenvalue weighted by molar-refractivity contribution is 0.109. The number of nitrogens with one attached hydrogen (secondary N) is 1. The number of hydrogen-bond acceptors (Lipinski definition) is 3. The molecule has 0 heterocycles. The lowest BCUT2D eigenvalue weighted by Crippen LogP contribution is -2.10. The molecule has 0 atom stereocenters. The van der Waals surface area contributed by atoms with Gasteiger partial charge in [-0.2, -0.15) is 0 Å². The average Bonchev–Trinajstić information content (AvgIpc) is 2.34. The van der Waals surface area contributed by atoms with E-state index in [2.05, 4.69) is 5.32 Å². The smallest absolute Gasteiger partial charge is 0.160 e. The third-order valence-corrected chi connectivity index (χ3v) is 2.75. The van der Waals surface area contributed by atoms with E-state index in [9.17, 15) is 4.39 Å². The Hall–Kier alpha value is -0.550. The van der Waals surface area contributed by atoms with Gasteiger partial charge in [0.25, 0.3) is 0 Å². The van der Waals surface area contributed by atoms with Crippen LogP contribution in [0.1, 0.15) is 6.42 Å². The molecule has 0 saturated heterocycles. The summed E-state index contributed by atoms with van der Waals surface area (Å²) in [6, 6.07) is 2.99. The molecule has 102 valence electrons. The maximum atomic E-state index is 13.1. The first-order valence-corrected chi connectivity index (χ1v) is 6.36. The van der Waals surface area contributed by atoms with Gasteiger partial charge in [0.15, 0.2) is 5.82 Å². The highest BCUT2D eigenvalue weighted by Crippen LogP contribution is 2.27. The van der Waals surface area contributed by atoms with Gasteiger partial charge in [-0.1, -0.05) is 23.2 Å². The minimum absolute atomic E-state index is 0.00557. The minimum Gasteiger partial charge on any atom is -0.385 e. The molecule has 1 N–H and O–H groups in total. The molecular formula is C12H16Cl2FNO2. The Balaban J connectivity index is 2.23. The fourth-order valence-corrected chi connectivity index (χ4v) is 1.82. The maximum Gasteiger partial charge on any atom is 0.160 e. The quantitative estimate of drug-likeness (QED) is 0.587. The van der Waals surface area contributed by atoms with Crippen LogP contribution in [0.2, 0.25) is 10.0 Å². The summed E-state index contributed by atoms with van der Waals surface area (Å²) in [5.41, 5.74) is 0.673. The number of hydrogen-bond donors (Lipinski definition) is 1. The summed E-state index contributed by atoms with van der Waals surface area (Å²) in [6.45, 7) is 2.50.